The van der Waals surface area contributed by atoms with Crippen LogP contribution in [0.3, 0.4) is 0 Å². The molecule has 1 aliphatic heterocycles. The first-order valence-corrected chi connectivity index (χ1v) is 9.95. The smallest absolute Gasteiger partial charge is 0.295 e. The van der Waals surface area contributed by atoms with E-state index in [1.807, 2.05) is 0 Å². The normalized spacial score (nSPS) is 18.0. The van der Waals surface area contributed by atoms with Crippen molar-refractivity contribution in [2.24, 2.45) is 0 Å². The van der Waals surface area contributed by atoms with E-state index in [1.54, 1.807) is 42.6 Å². The number of likely N-dealkylation sites (tertiary alicyclic amines) is 1. The summed E-state index contributed by atoms with van der Waals surface area (Å²) in [7, 11) is 2.99. The lowest BCUT2D eigenvalue weighted by molar-refractivity contribution is -0.140. The van der Waals surface area contributed by atoms with Crippen LogP contribution in [0.15, 0.2) is 48.2 Å². The third-order valence-electron chi connectivity index (χ3n) is 5.17. The summed E-state index contributed by atoms with van der Waals surface area (Å²) in [6.45, 7) is 2.48. The summed E-state index contributed by atoms with van der Waals surface area (Å²) in [6.07, 6.45) is 4.29. The molecule has 30 heavy (non-hydrogen) atoms. The van der Waals surface area contributed by atoms with Gasteiger partial charge in [0, 0.05) is 18.8 Å². The number of aromatic nitrogens is 1. The van der Waals surface area contributed by atoms with Crippen molar-refractivity contribution in [1.29, 1.82) is 0 Å². The molecule has 1 amide bonds. The summed E-state index contributed by atoms with van der Waals surface area (Å²) < 4.78 is 10.6. The Bertz CT molecular complexity index is 955. The van der Waals surface area contributed by atoms with Crippen LogP contribution in [0.25, 0.3) is 5.76 Å². The lowest BCUT2D eigenvalue weighted by atomic mass is 9.97. The number of aliphatic hydroxyl groups excluding tert-OH is 1. The van der Waals surface area contributed by atoms with Crippen LogP contribution in [0, 0.1) is 0 Å². The van der Waals surface area contributed by atoms with E-state index in [0.717, 1.165) is 19.3 Å². The highest BCUT2D eigenvalue weighted by Crippen LogP contribution is 2.41. The van der Waals surface area contributed by atoms with Crippen molar-refractivity contribution in [2.75, 3.05) is 20.8 Å². The zero-order valence-corrected chi connectivity index (χ0v) is 17.4. The number of amides is 1. The van der Waals surface area contributed by atoms with Gasteiger partial charge in [0.25, 0.3) is 11.7 Å². The number of carbonyl (C=O) groups excluding carboxylic acids is 2. The first kappa shape index (κ1) is 21.4. The van der Waals surface area contributed by atoms with Gasteiger partial charge in [0.1, 0.15) is 23.3 Å². The zero-order valence-electron chi connectivity index (χ0n) is 17.4. The number of carbonyl (C=O) groups is 2. The summed E-state index contributed by atoms with van der Waals surface area (Å²) in [5, 5.41) is 11.1. The van der Waals surface area contributed by atoms with Crippen molar-refractivity contribution in [1.82, 2.24) is 9.88 Å². The molecular weight excluding hydrogens is 384 g/mol. The van der Waals surface area contributed by atoms with Crippen molar-refractivity contribution in [3.8, 4) is 11.5 Å². The summed E-state index contributed by atoms with van der Waals surface area (Å²) in [5.74, 6) is -0.761. The lowest BCUT2D eigenvalue weighted by Gasteiger charge is -2.24. The Kier molecular flexibility index (Phi) is 6.72. The molecule has 158 valence electrons. The molecule has 2 heterocycles. The van der Waals surface area contributed by atoms with Crippen molar-refractivity contribution in [3.63, 3.8) is 0 Å². The van der Waals surface area contributed by atoms with Crippen molar-refractivity contribution < 1.29 is 24.2 Å². The number of unbranched alkanes of at least 4 members (excludes halogenated alkanes) is 2. The van der Waals surface area contributed by atoms with E-state index in [0.29, 0.717) is 29.3 Å². The molecule has 0 bridgehead atoms. The van der Waals surface area contributed by atoms with Crippen LogP contribution in [0.4, 0.5) is 0 Å². The SMILES string of the molecule is CCCCCN1C(=O)C(=O)/C(=C(\O)c2ccc(OC)cc2OC)C1c1ccccn1. The van der Waals surface area contributed by atoms with E-state index >= 15 is 0 Å². The highest BCUT2D eigenvalue weighted by Gasteiger charge is 2.46. The Hall–Kier alpha value is -3.35. The van der Waals surface area contributed by atoms with Crippen LogP contribution < -0.4 is 9.47 Å². The van der Waals surface area contributed by atoms with Crippen molar-refractivity contribution in [3.05, 3.63) is 59.4 Å². The first-order valence-electron chi connectivity index (χ1n) is 9.95. The van der Waals surface area contributed by atoms with Gasteiger partial charge >= 0.3 is 0 Å². The Morgan fingerprint density at radius 1 is 1.13 bits per heavy atom. The summed E-state index contributed by atoms with van der Waals surface area (Å²) in [5.41, 5.74) is 0.853. The van der Waals surface area contributed by atoms with Crippen molar-refractivity contribution in [2.45, 2.75) is 32.2 Å². The van der Waals surface area contributed by atoms with Gasteiger partial charge in [-0.05, 0) is 30.7 Å². The molecule has 1 fully saturated rings. The Morgan fingerprint density at radius 2 is 1.93 bits per heavy atom. The average molecular weight is 410 g/mol. The van der Waals surface area contributed by atoms with Crippen LogP contribution in [0.5, 0.6) is 11.5 Å². The molecule has 7 nitrogen and oxygen atoms in total. The predicted octanol–water partition coefficient (Wildman–Crippen LogP) is 3.71. The van der Waals surface area contributed by atoms with Crippen LogP contribution >= 0.6 is 0 Å². The minimum Gasteiger partial charge on any atom is -0.507 e. The molecule has 1 unspecified atom stereocenters. The number of ketones is 1. The standard InChI is InChI=1S/C23H26N2O5/c1-4-5-8-13-25-20(17-9-6-7-12-24-17)19(22(27)23(25)28)21(26)16-11-10-15(29-2)14-18(16)30-3/h6-7,9-12,14,20,26H,4-5,8,13H2,1-3H3/b21-19-. The maximum atomic E-state index is 13.0. The fourth-order valence-electron chi connectivity index (χ4n) is 3.63. The fraction of sp³-hybridized carbons (Fsp3) is 0.348. The van der Waals surface area contributed by atoms with Gasteiger partial charge in [0.05, 0.1) is 31.1 Å². The van der Waals surface area contributed by atoms with Gasteiger partial charge in [-0.25, -0.2) is 0 Å². The van der Waals surface area contributed by atoms with Crippen LogP contribution in [0.1, 0.15) is 43.5 Å². The monoisotopic (exact) mass is 410 g/mol. The minimum absolute atomic E-state index is 0.0127. The van der Waals surface area contributed by atoms with Crippen LogP contribution in [-0.2, 0) is 9.59 Å². The van der Waals surface area contributed by atoms with Crippen LogP contribution in [0.2, 0.25) is 0 Å². The second kappa shape index (κ2) is 9.43. The first-order chi connectivity index (χ1) is 14.5. The van der Waals surface area contributed by atoms with E-state index in [1.165, 1.54) is 19.1 Å². The van der Waals surface area contributed by atoms with Gasteiger partial charge in [-0.3, -0.25) is 14.6 Å². The number of hydrogen-bond acceptors (Lipinski definition) is 6. The second-order valence-electron chi connectivity index (χ2n) is 7.02. The number of nitrogens with zero attached hydrogens (tertiary/aromatic N) is 2. The molecule has 2 aromatic rings. The fourth-order valence-corrected chi connectivity index (χ4v) is 3.63. The molecule has 7 heteroatoms. The summed E-state index contributed by atoms with van der Waals surface area (Å²) in [4.78, 5) is 31.7. The van der Waals surface area contributed by atoms with Crippen LogP contribution in [-0.4, -0.2) is 47.4 Å². The zero-order chi connectivity index (χ0) is 21.7. The third-order valence-corrected chi connectivity index (χ3v) is 5.17. The van der Waals surface area contributed by atoms with E-state index in [4.69, 9.17) is 9.47 Å². The van der Waals surface area contributed by atoms with Gasteiger partial charge in [0.2, 0.25) is 0 Å². The number of Topliss-reactive ketones (excluding diaryl/α,β-unsaturated/α-hetero) is 1. The second-order valence-corrected chi connectivity index (χ2v) is 7.02. The predicted molar refractivity (Wildman–Crippen MR) is 112 cm³/mol. The number of ether oxygens (including phenoxy) is 2. The van der Waals surface area contributed by atoms with Gasteiger partial charge < -0.3 is 19.5 Å². The maximum Gasteiger partial charge on any atom is 0.295 e. The van der Waals surface area contributed by atoms with Gasteiger partial charge in [-0.1, -0.05) is 25.8 Å². The Balaban J connectivity index is 2.14. The van der Waals surface area contributed by atoms with Gasteiger partial charge in [0.15, 0.2) is 0 Å². The molecule has 0 spiro atoms. The summed E-state index contributed by atoms with van der Waals surface area (Å²) >= 11 is 0. The lowest BCUT2D eigenvalue weighted by Crippen LogP contribution is -2.31. The van der Waals surface area contributed by atoms with E-state index in [-0.39, 0.29) is 11.3 Å². The molecule has 0 aliphatic carbocycles. The minimum atomic E-state index is -0.755. The van der Waals surface area contributed by atoms with Gasteiger partial charge in [-0.2, -0.15) is 0 Å². The molecular formula is C23H26N2O5. The number of methoxy groups -OCH3 is 2. The maximum absolute atomic E-state index is 13.0. The summed E-state index contributed by atoms with van der Waals surface area (Å²) in [6, 6.07) is 9.43. The van der Waals surface area contributed by atoms with E-state index < -0.39 is 17.7 Å². The Labute approximate surface area is 175 Å². The van der Waals surface area contributed by atoms with E-state index in [9.17, 15) is 14.7 Å². The highest BCUT2D eigenvalue weighted by molar-refractivity contribution is 6.46. The molecule has 1 N–H and O–H groups in total. The highest BCUT2D eigenvalue weighted by atomic mass is 16.5. The molecule has 3 rings (SSSR count). The molecule has 1 saturated heterocycles. The third kappa shape index (κ3) is 4.01. The molecule has 0 saturated carbocycles. The Morgan fingerprint density at radius 3 is 2.57 bits per heavy atom. The molecule has 0 radical (unpaired) electrons. The number of benzene rings is 1. The molecule has 1 aliphatic rings. The molecule has 1 aromatic heterocycles. The number of rotatable bonds is 8. The number of hydrogen-bond donors (Lipinski definition) is 1. The molecule has 1 aromatic carbocycles. The number of pyridine rings is 1. The topological polar surface area (TPSA) is 89.0 Å². The largest absolute Gasteiger partial charge is 0.507 e. The average Bonchev–Trinajstić information content (AvgIpc) is 3.04. The van der Waals surface area contributed by atoms with Gasteiger partial charge in [-0.15, -0.1) is 0 Å². The number of aliphatic hydroxyl groups is 1. The van der Waals surface area contributed by atoms with Crippen molar-refractivity contribution >= 4 is 17.4 Å². The molecule has 1 atom stereocenters. The van der Waals surface area contributed by atoms with E-state index in [2.05, 4.69) is 11.9 Å². The quantitative estimate of drug-likeness (QED) is 0.309.